The van der Waals surface area contributed by atoms with Crippen LogP contribution in [0.15, 0.2) is 46.6 Å². The highest BCUT2D eigenvalue weighted by atomic mass is 35.5. The maximum absolute atomic E-state index is 12.1. The van der Waals surface area contributed by atoms with Crippen molar-refractivity contribution in [2.24, 2.45) is 10.2 Å². The molecule has 0 bridgehead atoms. The highest BCUT2D eigenvalue weighted by molar-refractivity contribution is 7.17. The lowest BCUT2D eigenvalue weighted by Crippen LogP contribution is -2.60. The molecule has 1 amide bonds. The first-order valence-electron chi connectivity index (χ1n) is 13.1. The van der Waals surface area contributed by atoms with Crippen molar-refractivity contribution in [2.75, 3.05) is 18.0 Å². The summed E-state index contributed by atoms with van der Waals surface area (Å²) in [5.41, 5.74) is 3.88. The van der Waals surface area contributed by atoms with E-state index >= 15 is 0 Å². The van der Waals surface area contributed by atoms with E-state index in [2.05, 4.69) is 43.6 Å². The third kappa shape index (κ3) is 5.65. The van der Waals surface area contributed by atoms with Gasteiger partial charge in [0.2, 0.25) is 5.88 Å². The van der Waals surface area contributed by atoms with Gasteiger partial charge in [-0.25, -0.2) is 4.79 Å². The third-order valence-corrected chi connectivity index (χ3v) is 8.38. The van der Waals surface area contributed by atoms with Crippen molar-refractivity contribution in [3.8, 4) is 5.88 Å². The number of aromatic hydroxyl groups is 1. The molecule has 3 aliphatic rings. The molecule has 6 rings (SSSR count). The van der Waals surface area contributed by atoms with Crippen LogP contribution in [0.25, 0.3) is 5.57 Å². The predicted molar refractivity (Wildman–Crippen MR) is 154 cm³/mol. The van der Waals surface area contributed by atoms with E-state index in [0.717, 1.165) is 36.7 Å². The maximum atomic E-state index is 12.1. The van der Waals surface area contributed by atoms with Gasteiger partial charge >= 0.3 is 6.09 Å². The summed E-state index contributed by atoms with van der Waals surface area (Å²) in [6.07, 6.45) is 4.30. The standard InChI is InChI=1S/C29H30ClN5O3S/c1-29(2,3)38-28(37)32-21-14-35(15-21)27-33-26(36)25(39-27)23(17-7-9-24-19(10-17)13-31-34-24)11-18-6-8-20(30)12-22(18)16-4-5-16/h6-10,12-13,16,21,36H,4-5,11,14-15H2,1-3H3,(H,32,37). The second kappa shape index (κ2) is 9.95. The van der Waals surface area contributed by atoms with Crippen LogP contribution < -0.4 is 20.8 Å². The summed E-state index contributed by atoms with van der Waals surface area (Å²) >= 11 is 7.83. The number of hydrogen-bond donors (Lipinski definition) is 2. The zero-order valence-corrected chi connectivity index (χ0v) is 23.6. The van der Waals surface area contributed by atoms with Crippen LogP contribution in [0.4, 0.5) is 9.93 Å². The van der Waals surface area contributed by atoms with E-state index in [1.807, 2.05) is 39.0 Å². The van der Waals surface area contributed by atoms with Crippen LogP contribution in [0, 0.1) is 0 Å². The zero-order valence-electron chi connectivity index (χ0n) is 22.1. The minimum Gasteiger partial charge on any atom is -0.492 e. The number of ether oxygens (including phenoxy) is 1. The van der Waals surface area contributed by atoms with Crippen molar-refractivity contribution < 1.29 is 14.6 Å². The molecule has 3 aromatic rings. The molecule has 1 aromatic heterocycles. The largest absolute Gasteiger partial charge is 0.492 e. The fraction of sp³-hybridized carbons (Fsp3) is 0.379. The second-order valence-corrected chi connectivity index (χ2v) is 12.7. The summed E-state index contributed by atoms with van der Waals surface area (Å²) in [6.45, 7) is 6.72. The molecule has 1 aliphatic carbocycles. The summed E-state index contributed by atoms with van der Waals surface area (Å²) in [6, 6.07) is 12.1. The number of alkyl carbamates (subject to hydrolysis) is 1. The van der Waals surface area contributed by atoms with Gasteiger partial charge in [-0.15, -0.1) is 0 Å². The highest BCUT2D eigenvalue weighted by Gasteiger charge is 2.33. The van der Waals surface area contributed by atoms with Crippen LogP contribution in [0.1, 0.15) is 61.1 Å². The number of rotatable bonds is 6. The number of amides is 1. The summed E-state index contributed by atoms with van der Waals surface area (Å²) in [5, 5.41) is 25.5. The molecule has 0 atom stereocenters. The molecular weight excluding hydrogens is 534 g/mol. The van der Waals surface area contributed by atoms with Crippen LogP contribution in [-0.2, 0) is 11.2 Å². The molecule has 2 aliphatic heterocycles. The lowest BCUT2D eigenvalue weighted by Gasteiger charge is -2.39. The molecule has 3 heterocycles. The summed E-state index contributed by atoms with van der Waals surface area (Å²) in [4.78, 5) is 19.4. The van der Waals surface area contributed by atoms with Gasteiger partial charge in [0, 0.05) is 23.7 Å². The lowest BCUT2D eigenvalue weighted by molar-refractivity contribution is 0.0496. The minimum atomic E-state index is -0.545. The summed E-state index contributed by atoms with van der Waals surface area (Å²) in [7, 11) is 0. The van der Waals surface area contributed by atoms with Gasteiger partial charge in [0.1, 0.15) is 5.60 Å². The molecule has 0 unspecified atom stereocenters. The van der Waals surface area contributed by atoms with Gasteiger partial charge in [0.15, 0.2) is 5.13 Å². The van der Waals surface area contributed by atoms with E-state index in [4.69, 9.17) is 16.3 Å². The molecule has 2 fully saturated rings. The van der Waals surface area contributed by atoms with Crippen LogP contribution >= 0.6 is 22.9 Å². The summed E-state index contributed by atoms with van der Waals surface area (Å²) in [5.74, 6) is 0.543. The fourth-order valence-electron chi connectivity index (χ4n) is 4.93. The first-order chi connectivity index (χ1) is 18.6. The molecule has 0 radical (unpaired) electrons. The number of thiazole rings is 1. The first kappa shape index (κ1) is 25.8. The molecule has 1 saturated heterocycles. The van der Waals surface area contributed by atoms with Crippen molar-refractivity contribution in [1.82, 2.24) is 10.3 Å². The zero-order chi connectivity index (χ0) is 27.3. The Hall–Kier alpha value is -3.43. The average Bonchev–Trinajstić information content (AvgIpc) is 3.47. The number of carbonyl (C=O) groups is 1. The van der Waals surface area contributed by atoms with Gasteiger partial charge in [-0.3, -0.25) is 0 Å². The maximum Gasteiger partial charge on any atom is 0.407 e. The number of nitrogens with zero attached hydrogens (tertiary/aromatic N) is 4. The molecule has 2 aromatic carbocycles. The molecule has 8 nitrogen and oxygen atoms in total. The number of anilines is 1. The Kier molecular flexibility index (Phi) is 6.59. The number of benzene rings is 2. The van der Waals surface area contributed by atoms with Crippen LogP contribution in [0.3, 0.4) is 0 Å². The van der Waals surface area contributed by atoms with Crippen LogP contribution in [-0.4, -0.2) is 47.1 Å². The predicted octanol–water partition coefficient (Wildman–Crippen LogP) is 4.50. The van der Waals surface area contributed by atoms with Crippen molar-refractivity contribution in [3.05, 3.63) is 73.6 Å². The van der Waals surface area contributed by atoms with Gasteiger partial charge < -0.3 is 20.1 Å². The quantitative estimate of drug-likeness (QED) is 0.460. The monoisotopic (exact) mass is 563 g/mol. The van der Waals surface area contributed by atoms with E-state index in [1.54, 1.807) is 6.21 Å². The minimum absolute atomic E-state index is 0.00865. The molecule has 0 spiro atoms. The van der Waals surface area contributed by atoms with Gasteiger partial charge in [-0.2, -0.15) is 15.2 Å². The summed E-state index contributed by atoms with van der Waals surface area (Å²) < 4.78 is 5.37. The third-order valence-electron chi connectivity index (χ3n) is 6.98. The fourth-order valence-corrected chi connectivity index (χ4v) is 6.15. The number of hydrogen-bond acceptors (Lipinski definition) is 8. The van der Waals surface area contributed by atoms with Crippen molar-refractivity contribution >= 4 is 46.0 Å². The van der Waals surface area contributed by atoms with E-state index in [9.17, 15) is 9.90 Å². The lowest BCUT2D eigenvalue weighted by atomic mass is 9.94. The normalized spacial score (nSPS) is 17.4. The highest BCUT2D eigenvalue weighted by Crippen LogP contribution is 2.44. The van der Waals surface area contributed by atoms with E-state index < -0.39 is 11.7 Å². The Morgan fingerprint density at radius 2 is 2.00 bits per heavy atom. The molecule has 202 valence electrons. The molecule has 10 heteroatoms. The average molecular weight is 564 g/mol. The Bertz CT molecular complexity index is 1600. The number of nitrogens with one attached hydrogen (secondary N) is 1. The van der Waals surface area contributed by atoms with Gasteiger partial charge in [0.05, 0.1) is 22.5 Å². The van der Waals surface area contributed by atoms with Gasteiger partial charge in [-0.1, -0.05) is 35.1 Å². The number of halogens is 1. The molecule has 1 saturated carbocycles. The Morgan fingerprint density at radius 1 is 1.21 bits per heavy atom. The van der Waals surface area contributed by atoms with Crippen molar-refractivity contribution in [2.45, 2.75) is 57.6 Å². The SMILES string of the molecule is CC(C)(C)OC(=O)NC1CN(c2nc(O)c(C(Cc3ccc(Cl)cc3C3CC3)=c3ccc4c(c3)C=NN=4)s2)C1. The number of fused-ring (bicyclic) bond motifs is 1. The van der Waals surface area contributed by atoms with E-state index in [0.29, 0.717) is 25.4 Å². The Labute approximate surface area is 235 Å². The second-order valence-electron chi connectivity index (χ2n) is 11.3. The molecular formula is C29H30ClN5O3S. The van der Waals surface area contributed by atoms with Crippen molar-refractivity contribution in [3.63, 3.8) is 0 Å². The molecule has 2 N–H and O–H groups in total. The van der Waals surface area contributed by atoms with Crippen LogP contribution in [0.2, 0.25) is 5.02 Å². The van der Waals surface area contributed by atoms with Gasteiger partial charge in [0.25, 0.3) is 0 Å². The first-order valence-corrected chi connectivity index (χ1v) is 14.3. The Morgan fingerprint density at radius 3 is 2.74 bits per heavy atom. The van der Waals surface area contributed by atoms with Crippen LogP contribution in [0.5, 0.6) is 5.88 Å². The van der Waals surface area contributed by atoms with Crippen molar-refractivity contribution in [1.29, 1.82) is 0 Å². The van der Waals surface area contributed by atoms with E-state index in [-0.39, 0.29) is 11.9 Å². The number of carbonyl (C=O) groups excluding carboxylic acids is 1. The topological polar surface area (TPSA) is 99.4 Å². The molecule has 39 heavy (non-hydrogen) atoms. The van der Waals surface area contributed by atoms with Gasteiger partial charge in [-0.05, 0) is 92.1 Å². The smallest absolute Gasteiger partial charge is 0.407 e. The number of aromatic nitrogens is 1. The van der Waals surface area contributed by atoms with E-state index in [1.165, 1.54) is 35.3 Å². The Balaban J connectivity index is 1.30.